The van der Waals surface area contributed by atoms with Gasteiger partial charge in [0, 0.05) is 36.0 Å². The number of phenols is 1. The molecule has 0 saturated heterocycles. The second-order valence-electron chi connectivity index (χ2n) is 4.49. The Morgan fingerprint density at radius 2 is 1.85 bits per heavy atom. The number of rotatable bonds is 3. The lowest BCUT2D eigenvalue weighted by Crippen LogP contribution is -2.07. The summed E-state index contributed by atoms with van der Waals surface area (Å²) in [5.41, 5.74) is 2.68. The quantitative estimate of drug-likeness (QED) is 0.555. The van der Waals surface area contributed by atoms with Crippen molar-refractivity contribution in [2.75, 3.05) is 19.0 Å². The number of hydrogen-bond donors (Lipinski definition) is 1. The first kappa shape index (κ1) is 15.3. The van der Waals surface area contributed by atoms with Crippen molar-refractivity contribution in [1.82, 2.24) is 0 Å². The van der Waals surface area contributed by atoms with Crippen molar-refractivity contribution >= 4 is 56.1 Å². The number of benzene rings is 2. The first-order valence-electron chi connectivity index (χ1n) is 5.97. The maximum Gasteiger partial charge on any atom is 0.137 e. The zero-order valence-electron chi connectivity index (χ0n) is 11.1. The molecular formula is C15H14BrIN2O. The summed E-state index contributed by atoms with van der Waals surface area (Å²) >= 11 is 5.51. The van der Waals surface area contributed by atoms with Crippen LogP contribution >= 0.6 is 38.5 Å². The zero-order valence-corrected chi connectivity index (χ0v) is 14.9. The van der Waals surface area contributed by atoms with Gasteiger partial charge in [-0.2, -0.15) is 0 Å². The van der Waals surface area contributed by atoms with Crippen molar-refractivity contribution in [3.63, 3.8) is 0 Å². The standard InChI is InChI=1S/C15H14BrIN2O/c1-19(2)13-5-3-12(4-6-13)18-9-10-7-11(16)8-14(17)15(10)20/h3-9,20H,1-2H3. The van der Waals surface area contributed by atoms with E-state index in [9.17, 15) is 5.11 Å². The Bertz CT molecular complexity index is 639. The topological polar surface area (TPSA) is 35.8 Å². The van der Waals surface area contributed by atoms with E-state index in [1.807, 2.05) is 55.4 Å². The molecule has 5 heteroatoms. The Morgan fingerprint density at radius 3 is 2.45 bits per heavy atom. The highest BCUT2D eigenvalue weighted by Gasteiger charge is 2.05. The predicted molar refractivity (Wildman–Crippen MR) is 96.5 cm³/mol. The van der Waals surface area contributed by atoms with Crippen LogP contribution in [0, 0.1) is 3.57 Å². The van der Waals surface area contributed by atoms with E-state index in [1.165, 1.54) is 0 Å². The van der Waals surface area contributed by atoms with Crippen LogP contribution in [0.1, 0.15) is 5.56 Å². The third-order valence-corrected chi connectivity index (χ3v) is 4.06. The molecule has 0 heterocycles. The predicted octanol–water partition coefficient (Wildman–Crippen LogP) is 4.58. The number of anilines is 1. The molecule has 2 aromatic carbocycles. The van der Waals surface area contributed by atoms with Gasteiger partial charge in [-0.25, -0.2) is 0 Å². The smallest absolute Gasteiger partial charge is 0.137 e. The Balaban J connectivity index is 2.25. The van der Waals surface area contributed by atoms with Crippen LogP contribution in [-0.4, -0.2) is 25.4 Å². The summed E-state index contributed by atoms with van der Waals surface area (Å²) in [6, 6.07) is 11.6. The van der Waals surface area contributed by atoms with E-state index >= 15 is 0 Å². The van der Waals surface area contributed by atoms with E-state index < -0.39 is 0 Å². The number of halogens is 2. The van der Waals surface area contributed by atoms with Crippen LogP contribution in [0.5, 0.6) is 5.75 Å². The maximum absolute atomic E-state index is 9.99. The van der Waals surface area contributed by atoms with Crippen LogP contribution in [0.3, 0.4) is 0 Å². The van der Waals surface area contributed by atoms with Crippen LogP contribution < -0.4 is 4.90 Å². The van der Waals surface area contributed by atoms with Gasteiger partial charge in [-0.05, 0) is 59.0 Å². The van der Waals surface area contributed by atoms with Crippen LogP contribution in [0.2, 0.25) is 0 Å². The minimum absolute atomic E-state index is 0.252. The molecule has 0 spiro atoms. The maximum atomic E-state index is 9.99. The van der Waals surface area contributed by atoms with Crippen molar-refractivity contribution < 1.29 is 5.11 Å². The molecule has 2 aromatic rings. The number of aromatic hydroxyl groups is 1. The van der Waals surface area contributed by atoms with Crippen LogP contribution in [0.15, 0.2) is 45.9 Å². The highest BCUT2D eigenvalue weighted by Crippen LogP contribution is 2.28. The third-order valence-electron chi connectivity index (χ3n) is 2.78. The summed E-state index contributed by atoms with van der Waals surface area (Å²) in [6.45, 7) is 0. The fourth-order valence-electron chi connectivity index (χ4n) is 1.67. The minimum Gasteiger partial charge on any atom is -0.506 e. The Morgan fingerprint density at radius 1 is 1.20 bits per heavy atom. The molecule has 0 bridgehead atoms. The molecule has 20 heavy (non-hydrogen) atoms. The third kappa shape index (κ3) is 3.73. The van der Waals surface area contributed by atoms with E-state index in [1.54, 1.807) is 6.21 Å². The zero-order chi connectivity index (χ0) is 14.7. The average Bonchev–Trinajstić information content (AvgIpc) is 2.41. The van der Waals surface area contributed by atoms with Crippen LogP contribution in [0.4, 0.5) is 11.4 Å². The molecule has 0 saturated carbocycles. The molecular weight excluding hydrogens is 431 g/mol. The number of phenolic OH excluding ortho intramolecular Hbond substituents is 1. The Hall–Kier alpha value is -1.08. The van der Waals surface area contributed by atoms with Gasteiger partial charge in [0.15, 0.2) is 0 Å². The van der Waals surface area contributed by atoms with Gasteiger partial charge >= 0.3 is 0 Å². The second kappa shape index (κ2) is 6.58. The van der Waals surface area contributed by atoms with Gasteiger partial charge in [-0.1, -0.05) is 15.9 Å². The van der Waals surface area contributed by atoms with Crippen LogP contribution in [0.25, 0.3) is 0 Å². The van der Waals surface area contributed by atoms with Gasteiger partial charge in [0.2, 0.25) is 0 Å². The molecule has 0 amide bonds. The van der Waals surface area contributed by atoms with Crippen molar-refractivity contribution in [2.45, 2.75) is 0 Å². The van der Waals surface area contributed by atoms with Gasteiger partial charge in [0.25, 0.3) is 0 Å². The van der Waals surface area contributed by atoms with E-state index in [0.29, 0.717) is 5.56 Å². The summed E-state index contributed by atoms with van der Waals surface area (Å²) in [4.78, 5) is 6.43. The Kier molecular flexibility index (Phi) is 5.04. The van der Waals surface area contributed by atoms with E-state index in [0.717, 1.165) is 19.4 Å². The number of aliphatic imine (C=N–C) groups is 1. The lowest BCUT2D eigenvalue weighted by molar-refractivity contribution is 0.470. The molecule has 0 fully saturated rings. The molecule has 0 radical (unpaired) electrons. The summed E-state index contributed by atoms with van der Waals surface area (Å²) < 4.78 is 1.71. The first-order chi connectivity index (χ1) is 9.47. The van der Waals surface area contributed by atoms with Crippen molar-refractivity contribution in [3.8, 4) is 5.75 Å². The molecule has 0 aromatic heterocycles. The van der Waals surface area contributed by atoms with Gasteiger partial charge in [-0.3, -0.25) is 4.99 Å². The van der Waals surface area contributed by atoms with Gasteiger partial charge in [-0.15, -0.1) is 0 Å². The van der Waals surface area contributed by atoms with Crippen LogP contribution in [-0.2, 0) is 0 Å². The summed E-state index contributed by atoms with van der Waals surface area (Å²) in [7, 11) is 4.00. The van der Waals surface area contributed by atoms with Gasteiger partial charge in [0.1, 0.15) is 5.75 Å². The second-order valence-corrected chi connectivity index (χ2v) is 6.57. The fourth-order valence-corrected chi connectivity index (χ4v) is 3.22. The lowest BCUT2D eigenvalue weighted by Gasteiger charge is -2.11. The highest BCUT2D eigenvalue weighted by atomic mass is 127. The first-order valence-corrected chi connectivity index (χ1v) is 7.84. The summed E-state index contributed by atoms with van der Waals surface area (Å²) in [5, 5.41) is 9.99. The molecule has 104 valence electrons. The number of hydrogen-bond acceptors (Lipinski definition) is 3. The van der Waals surface area contributed by atoms with Crippen molar-refractivity contribution in [1.29, 1.82) is 0 Å². The molecule has 0 unspecified atom stereocenters. The molecule has 0 aliphatic carbocycles. The van der Waals surface area contributed by atoms with Gasteiger partial charge < -0.3 is 10.0 Å². The molecule has 0 atom stereocenters. The normalized spacial score (nSPS) is 11.0. The monoisotopic (exact) mass is 444 g/mol. The summed E-state index contributed by atoms with van der Waals surface area (Å²) in [6.07, 6.45) is 1.67. The highest BCUT2D eigenvalue weighted by molar-refractivity contribution is 14.1. The van der Waals surface area contributed by atoms with E-state index in [-0.39, 0.29) is 5.75 Å². The molecule has 1 N–H and O–H groups in total. The van der Waals surface area contributed by atoms with Crippen molar-refractivity contribution in [2.24, 2.45) is 4.99 Å². The molecule has 0 aliphatic heterocycles. The van der Waals surface area contributed by atoms with E-state index in [4.69, 9.17) is 0 Å². The minimum atomic E-state index is 0.252. The molecule has 0 aliphatic rings. The van der Waals surface area contributed by atoms with Gasteiger partial charge in [0.05, 0.1) is 9.26 Å². The molecule has 2 rings (SSSR count). The largest absolute Gasteiger partial charge is 0.506 e. The fraction of sp³-hybridized carbons (Fsp3) is 0.133. The Labute approximate surface area is 140 Å². The summed E-state index contributed by atoms with van der Waals surface area (Å²) in [5.74, 6) is 0.252. The molecule has 3 nitrogen and oxygen atoms in total. The van der Waals surface area contributed by atoms with E-state index in [2.05, 4.69) is 43.5 Å². The SMILES string of the molecule is CN(C)c1ccc(N=Cc2cc(Br)cc(I)c2O)cc1. The average molecular weight is 445 g/mol. The lowest BCUT2D eigenvalue weighted by atomic mass is 10.2. The van der Waals surface area contributed by atoms with Crippen molar-refractivity contribution in [3.05, 3.63) is 50.0 Å². The number of nitrogens with zero attached hydrogens (tertiary/aromatic N) is 2.